The summed E-state index contributed by atoms with van der Waals surface area (Å²) in [6, 6.07) is 7.37. The average molecular weight is 307 g/mol. The Bertz CT molecular complexity index is 829. The van der Waals surface area contributed by atoms with Crippen LogP contribution in [0.1, 0.15) is 25.1 Å². The third kappa shape index (κ3) is 2.18. The molecule has 5 heteroatoms. The molecule has 0 amide bonds. The largest absolute Gasteiger partial charge is 0.327 e. The number of hydrogen-bond acceptors (Lipinski definition) is 3. The minimum atomic E-state index is 0.832. The molecule has 2 aromatic heterocycles. The molecule has 1 saturated carbocycles. The summed E-state index contributed by atoms with van der Waals surface area (Å²) in [6.07, 6.45) is 10.9. The van der Waals surface area contributed by atoms with E-state index in [9.17, 15) is 0 Å². The summed E-state index contributed by atoms with van der Waals surface area (Å²) >= 11 is 0. The van der Waals surface area contributed by atoms with Crippen molar-refractivity contribution in [3.63, 3.8) is 0 Å². The molecule has 3 heterocycles. The lowest BCUT2D eigenvalue weighted by Gasteiger charge is -2.36. The van der Waals surface area contributed by atoms with Crippen LogP contribution in [-0.2, 0) is 13.0 Å². The van der Waals surface area contributed by atoms with Gasteiger partial charge < -0.3 is 9.13 Å². The van der Waals surface area contributed by atoms with Crippen LogP contribution in [0.2, 0.25) is 0 Å². The number of imidazole rings is 2. The second kappa shape index (κ2) is 5.20. The van der Waals surface area contributed by atoms with Crippen molar-refractivity contribution in [3.8, 4) is 5.69 Å². The van der Waals surface area contributed by atoms with E-state index in [1.165, 1.54) is 30.6 Å². The highest BCUT2D eigenvalue weighted by Gasteiger charge is 2.27. The molecule has 0 N–H and O–H groups in total. The Labute approximate surface area is 135 Å². The average Bonchev–Trinajstić information content (AvgIpc) is 3.11. The van der Waals surface area contributed by atoms with Crippen LogP contribution in [0.15, 0.2) is 36.9 Å². The maximum absolute atomic E-state index is 4.92. The minimum absolute atomic E-state index is 0.832. The molecule has 5 nitrogen and oxygen atoms in total. The first-order valence-electron chi connectivity index (χ1n) is 8.60. The second-order valence-corrected chi connectivity index (χ2v) is 6.69. The normalized spacial score (nSPS) is 19.5. The predicted octanol–water partition coefficient (Wildman–Crippen LogP) is 2.63. The van der Waals surface area contributed by atoms with Gasteiger partial charge in [0.05, 0.1) is 17.4 Å². The van der Waals surface area contributed by atoms with Gasteiger partial charge in [-0.05, 0) is 31.0 Å². The minimum Gasteiger partial charge on any atom is -0.327 e. The highest BCUT2D eigenvalue weighted by molar-refractivity contribution is 5.78. The third-order valence-electron chi connectivity index (χ3n) is 5.44. The zero-order valence-corrected chi connectivity index (χ0v) is 13.2. The molecular weight excluding hydrogens is 286 g/mol. The fraction of sp³-hybridized carbons (Fsp3) is 0.444. The molecule has 118 valence electrons. The summed E-state index contributed by atoms with van der Waals surface area (Å²) in [5, 5.41) is 0. The van der Waals surface area contributed by atoms with Crippen LogP contribution in [-0.4, -0.2) is 43.1 Å². The van der Waals surface area contributed by atoms with E-state index in [0.29, 0.717) is 0 Å². The summed E-state index contributed by atoms with van der Waals surface area (Å²) in [6.45, 7) is 3.38. The van der Waals surface area contributed by atoms with Gasteiger partial charge in [0.25, 0.3) is 0 Å². The molecule has 1 aliphatic carbocycles. The maximum atomic E-state index is 4.92. The van der Waals surface area contributed by atoms with Crippen LogP contribution >= 0.6 is 0 Å². The van der Waals surface area contributed by atoms with Gasteiger partial charge in [-0.15, -0.1) is 0 Å². The Morgan fingerprint density at radius 1 is 1.09 bits per heavy atom. The van der Waals surface area contributed by atoms with E-state index in [1.807, 2.05) is 23.3 Å². The van der Waals surface area contributed by atoms with Gasteiger partial charge in [-0.1, -0.05) is 6.42 Å². The van der Waals surface area contributed by atoms with E-state index in [4.69, 9.17) is 4.98 Å². The number of aromatic nitrogens is 4. The lowest BCUT2D eigenvalue weighted by Crippen LogP contribution is -2.41. The first-order chi connectivity index (χ1) is 11.4. The summed E-state index contributed by atoms with van der Waals surface area (Å²) in [5.74, 6) is 1.24. The van der Waals surface area contributed by atoms with Gasteiger partial charge in [0.15, 0.2) is 0 Å². The van der Waals surface area contributed by atoms with Gasteiger partial charge in [-0.3, -0.25) is 4.90 Å². The number of nitrogens with zero attached hydrogens (tertiary/aromatic N) is 5. The van der Waals surface area contributed by atoms with Crippen molar-refractivity contribution in [2.45, 2.75) is 38.3 Å². The van der Waals surface area contributed by atoms with Crippen molar-refractivity contribution in [2.75, 3.05) is 13.1 Å². The van der Waals surface area contributed by atoms with Gasteiger partial charge in [0.1, 0.15) is 5.82 Å². The van der Waals surface area contributed by atoms with Gasteiger partial charge in [-0.25, -0.2) is 9.97 Å². The highest BCUT2D eigenvalue weighted by Crippen LogP contribution is 2.27. The van der Waals surface area contributed by atoms with Gasteiger partial charge in [0.2, 0.25) is 0 Å². The van der Waals surface area contributed by atoms with E-state index in [0.717, 1.165) is 43.3 Å². The van der Waals surface area contributed by atoms with Crippen molar-refractivity contribution in [1.29, 1.82) is 0 Å². The van der Waals surface area contributed by atoms with Crippen LogP contribution in [0.3, 0.4) is 0 Å². The van der Waals surface area contributed by atoms with Gasteiger partial charge in [-0.2, -0.15) is 0 Å². The van der Waals surface area contributed by atoms with Gasteiger partial charge >= 0.3 is 0 Å². The molecule has 2 aliphatic rings. The molecular formula is C18H21N5. The van der Waals surface area contributed by atoms with Crippen LogP contribution in [0.5, 0.6) is 0 Å². The van der Waals surface area contributed by atoms with Crippen molar-refractivity contribution in [2.24, 2.45) is 0 Å². The Balaban J connectivity index is 1.48. The fourth-order valence-corrected chi connectivity index (χ4v) is 3.88. The van der Waals surface area contributed by atoms with E-state index < -0.39 is 0 Å². The van der Waals surface area contributed by atoms with Crippen molar-refractivity contribution >= 4 is 11.0 Å². The van der Waals surface area contributed by atoms with Crippen molar-refractivity contribution in [1.82, 2.24) is 24.0 Å². The first kappa shape index (κ1) is 13.3. The Morgan fingerprint density at radius 3 is 2.83 bits per heavy atom. The van der Waals surface area contributed by atoms with E-state index in [-0.39, 0.29) is 0 Å². The molecule has 0 unspecified atom stereocenters. The van der Waals surface area contributed by atoms with E-state index in [2.05, 4.69) is 32.7 Å². The lowest BCUT2D eigenvalue weighted by atomic mass is 9.91. The summed E-state index contributed by atoms with van der Waals surface area (Å²) in [7, 11) is 0. The number of rotatable bonds is 2. The molecule has 1 aliphatic heterocycles. The SMILES string of the molecule is c1cn(-c2ccc3c(c2)nc2n3CCN(C3CCC3)CC2)cn1. The number of benzene rings is 1. The standard InChI is InChI=1S/C18H21N5/c1-2-14(3-1)21-8-6-18-20-16-12-15(22-9-7-19-13-22)4-5-17(16)23(18)11-10-21/h4-5,7,9,12-14H,1-3,6,8,10-11H2. The quantitative estimate of drug-likeness (QED) is 0.730. The van der Waals surface area contributed by atoms with Crippen LogP contribution in [0.25, 0.3) is 16.7 Å². The molecule has 0 spiro atoms. The maximum Gasteiger partial charge on any atom is 0.111 e. The smallest absolute Gasteiger partial charge is 0.111 e. The molecule has 0 bridgehead atoms. The Morgan fingerprint density at radius 2 is 2.04 bits per heavy atom. The molecule has 0 radical (unpaired) electrons. The predicted molar refractivity (Wildman–Crippen MR) is 89.8 cm³/mol. The highest BCUT2D eigenvalue weighted by atomic mass is 15.2. The molecule has 1 aromatic carbocycles. The third-order valence-corrected chi connectivity index (χ3v) is 5.44. The Kier molecular flexibility index (Phi) is 3.01. The molecule has 0 atom stereocenters. The van der Waals surface area contributed by atoms with Crippen molar-refractivity contribution < 1.29 is 0 Å². The van der Waals surface area contributed by atoms with E-state index in [1.54, 1.807) is 0 Å². The monoisotopic (exact) mass is 307 g/mol. The molecule has 1 fully saturated rings. The number of fused-ring (bicyclic) bond motifs is 3. The zero-order valence-electron chi connectivity index (χ0n) is 13.2. The van der Waals surface area contributed by atoms with Crippen LogP contribution in [0, 0.1) is 0 Å². The first-order valence-corrected chi connectivity index (χ1v) is 8.60. The van der Waals surface area contributed by atoms with Gasteiger partial charge in [0, 0.05) is 50.2 Å². The Hall–Kier alpha value is -2.14. The molecule has 0 saturated heterocycles. The molecule has 3 aromatic rings. The zero-order chi connectivity index (χ0) is 15.2. The summed E-state index contributed by atoms with van der Waals surface area (Å²) in [4.78, 5) is 11.7. The molecule has 5 rings (SSSR count). The van der Waals surface area contributed by atoms with E-state index >= 15 is 0 Å². The second-order valence-electron chi connectivity index (χ2n) is 6.69. The van der Waals surface area contributed by atoms with Crippen molar-refractivity contribution in [3.05, 3.63) is 42.7 Å². The summed E-state index contributed by atoms with van der Waals surface area (Å²) < 4.78 is 4.45. The van der Waals surface area contributed by atoms with Crippen LogP contribution in [0.4, 0.5) is 0 Å². The van der Waals surface area contributed by atoms with Crippen LogP contribution < -0.4 is 0 Å². The number of hydrogen-bond donors (Lipinski definition) is 0. The fourth-order valence-electron chi connectivity index (χ4n) is 3.88. The summed E-state index contributed by atoms with van der Waals surface area (Å²) in [5.41, 5.74) is 3.49. The molecule has 23 heavy (non-hydrogen) atoms. The lowest BCUT2D eigenvalue weighted by molar-refractivity contribution is 0.130. The topological polar surface area (TPSA) is 38.9 Å².